The molecule has 0 saturated heterocycles. The van der Waals surface area contributed by atoms with E-state index in [1.54, 1.807) is 11.1 Å². The van der Waals surface area contributed by atoms with Crippen LogP contribution in [0.1, 0.15) is 43.2 Å². The fourth-order valence-electron chi connectivity index (χ4n) is 13.6. The third-order valence-electron chi connectivity index (χ3n) is 16.3. The summed E-state index contributed by atoms with van der Waals surface area (Å²) >= 11 is 1.86. The number of fused-ring (bicyclic) bond motifs is 6. The SMILES string of the molecule is c1ccc(-c2ccc(N(c3ccc(-c4ccc(-c5cccc(-c6ccc7c(c6)-c6ccccc6C76C7CC8CC(C7)CC6C8)c5)cc4)cc3)c3ccc4sc5ccccc5c4c3)cc2)cc1. The molecule has 1 spiro atoms. The number of rotatable bonds is 7. The van der Waals surface area contributed by atoms with E-state index in [1.165, 1.54) is 108 Å². The molecule has 1 aromatic heterocycles. The second kappa shape index (κ2) is 15.0. The first-order valence-corrected chi connectivity index (χ1v) is 24.9. The largest absolute Gasteiger partial charge is 0.310 e. The third kappa shape index (κ3) is 5.97. The van der Waals surface area contributed by atoms with Gasteiger partial charge in [-0.3, -0.25) is 0 Å². The van der Waals surface area contributed by atoms with E-state index in [9.17, 15) is 0 Å². The molecule has 4 bridgehead atoms. The molecule has 5 aliphatic carbocycles. The first kappa shape index (κ1) is 38.3. The molecule has 1 heterocycles. The van der Waals surface area contributed by atoms with Crippen LogP contribution in [-0.2, 0) is 5.41 Å². The Kier molecular flexibility index (Phi) is 8.71. The molecule has 4 saturated carbocycles. The maximum atomic E-state index is 2.55. The molecule has 0 N–H and O–H groups in total. The molecule has 9 aromatic carbocycles. The molecule has 0 aliphatic heterocycles. The standard InChI is InChI=1S/C64H49NS/c1-2-9-43(10-3-1)45-21-26-53(27-22-45)65(55-30-32-63-59(40-55)57-14-5-7-16-62(57)66-63)54-28-23-46(24-29-54)44-17-19-47(20-18-44)48-11-8-12-49(38-48)50-25-31-61-58(39-50)56-13-4-6-15-60(56)64(61)51-34-41-33-42(36-51)37-52(64)35-41/h1-32,38-42,51-52H,33-37H2. The van der Waals surface area contributed by atoms with Gasteiger partial charge in [-0.05, 0) is 183 Å². The molecular formula is C64H49NS. The first-order chi connectivity index (χ1) is 32.6. The molecule has 15 rings (SSSR count). The van der Waals surface area contributed by atoms with Crippen molar-refractivity contribution in [2.75, 3.05) is 4.90 Å². The average molecular weight is 864 g/mol. The molecule has 10 aromatic rings. The first-order valence-electron chi connectivity index (χ1n) is 24.1. The van der Waals surface area contributed by atoms with Crippen LogP contribution in [0.25, 0.3) is 75.8 Å². The fraction of sp³-hybridized carbons (Fsp3) is 0.156. The number of benzene rings is 9. The molecule has 0 amide bonds. The van der Waals surface area contributed by atoms with Gasteiger partial charge < -0.3 is 4.90 Å². The topological polar surface area (TPSA) is 3.24 Å². The van der Waals surface area contributed by atoms with Crippen LogP contribution in [0.3, 0.4) is 0 Å². The van der Waals surface area contributed by atoms with Crippen LogP contribution in [0, 0.1) is 23.7 Å². The van der Waals surface area contributed by atoms with Gasteiger partial charge in [0.05, 0.1) is 0 Å². The predicted octanol–water partition coefficient (Wildman–Crippen LogP) is 17.9. The number of thiophene rings is 1. The van der Waals surface area contributed by atoms with Crippen molar-refractivity contribution in [1.82, 2.24) is 0 Å². The van der Waals surface area contributed by atoms with Crippen molar-refractivity contribution in [2.45, 2.75) is 37.5 Å². The van der Waals surface area contributed by atoms with Gasteiger partial charge >= 0.3 is 0 Å². The van der Waals surface area contributed by atoms with Crippen LogP contribution in [0.4, 0.5) is 17.1 Å². The summed E-state index contributed by atoms with van der Waals surface area (Å²) in [5.41, 5.74) is 19.8. The Bertz CT molecular complexity index is 3440. The number of hydrogen-bond donors (Lipinski definition) is 0. The van der Waals surface area contributed by atoms with Crippen molar-refractivity contribution >= 4 is 48.6 Å². The Hall–Kier alpha value is -7.00. The van der Waals surface area contributed by atoms with Gasteiger partial charge in [-0.15, -0.1) is 11.3 Å². The summed E-state index contributed by atoms with van der Waals surface area (Å²) in [5.74, 6) is 3.49. The van der Waals surface area contributed by atoms with Crippen molar-refractivity contribution in [3.63, 3.8) is 0 Å². The lowest BCUT2D eigenvalue weighted by Crippen LogP contribution is -2.55. The van der Waals surface area contributed by atoms with Gasteiger partial charge in [0.1, 0.15) is 0 Å². The van der Waals surface area contributed by atoms with Crippen LogP contribution in [-0.4, -0.2) is 0 Å². The van der Waals surface area contributed by atoms with Crippen LogP contribution in [0.2, 0.25) is 0 Å². The monoisotopic (exact) mass is 863 g/mol. The highest BCUT2D eigenvalue weighted by Gasteiger charge is 2.61. The van der Waals surface area contributed by atoms with Gasteiger partial charge in [0, 0.05) is 42.6 Å². The molecule has 1 nitrogen and oxygen atoms in total. The van der Waals surface area contributed by atoms with Gasteiger partial charge in [0.2, 0.25) is 0 Å². The van der Waals surface area contributed by atoms with Gasteiger partial charge in [-0.1, -0.05) is 152 Å². The van der Waals surface area contributed by atoms with E-state index in [1.807, 2.05) is 11.3 Å². The molecule has 5 aliphatic rings. The van der Waals surface area contributed by atoms with Gasteiger partial charge in [0.25, 0.3) is 0 Å². The van der Waals surface area contributed by atoms with Gasteiger partial charge in [-0.2, -0.15) is 0 Å². The van der Waals surface area contributed by atoms with E-state index in [-0.39, 0.29) is 5.41 Å². The summed E-state index contributed by atoms with van der Waals surface area (Å²) in [7, 11) is 0. The highest BCUT2D eigenvalue weighted by molar-refractivity contribution is 7.25. The lowest BCUT2D eigenvalue weighted by Gasteiger charge is -2.61. The highest BCUT2D eigenvalue weighted by atomic mass is 32.1. The molecule has 316 valence electrons. The summed E-state index contributed by atoms with van der Waals surface area (Å²) in [6.45, 7) is 0. The van der Waals surface area contributed by atoms with E-state index >= 15 is 0 Å². The van der Waals surface area contributed by atoms with Gasteiger partial charge in [0.15, 0.2) is 0 Å². The van der Waals surface area contributed by atoms with Crippen molar-refractivity contribution in [2.24, 2.45) is 23.7 Å². The van der Waals surface area contributed by atoms with Crippen molar-refractivity contribution in [1.29, 1.82) is 0 Å². The zero-order valence-electron chi connectivity index (χ0n) is 36.9. The minimum absolute atomic E-state index is 0.213. The zero-order valence-corrected chi connectivity index (χ0v) is 37.7. The maximum absolute atomic E-state index is 2.55. The Morgan fingerprint density at radius 1 is 0.333 bits per heavy atom. The normalized spacial score (nSPS) is 21.1. The van der Waals surface area contributed by atoms with E-state index < -0.39 is 0 Å². The number of hydrogen-bond acceptors (Lipinski definition) is 2. The molecule has 0 atom stereocenters. The smallest absolute Gasteiger partial charge is 0.0468 e. The predicted molar refractivity (Wildman–Crippen MR) is 279 cm³/mol. The van der Waals surface area contributed by atoms with Crippen LogP contribution < -0.4 is 4.90 Å². The van der Waals surface area contributed by atoms with E-state index in [2.05, 4.69) is 217 Å². The summed E-state index contributed by atoms with van der Waals surface area (Å²) in [5, 5.41) is 2.61. The Balaban J connectivity index is 0.763. The Labute approximate surface area is 391 Å². The van der Waals surface area contributed by atoms with E-state index in [0.717, 1.165) is 40.7 Å². The summed E-state index contributed by atoms with van der Waals surface area (Å²) < 4.78 is 2.63. The molecule has 4 fully saturated rings. The van der Waals surface area contributed by atoms with Crippen molar-refractivity contribution in [3.05, 3.63) is 223 Å². The average Bonchev–Trinajstić information content (AvgIpc) is 3.89. The molecule has 0 unspecified atom stereocenters. The summed E-state index contributed by atoms with van der Waals surface area (Å²) in [6, 6.07) is 79.7. The Morgan fingerprint density at radius 2 is 0.818 bits per heavy atom. The minimum Gasteiger partial charge on any atom is -0.310 e. The van der Waals surface area contributed by atoms with E-state index in [4.69, 9.17) is 0 Å². The summed E-state index contributed by atoms with van der Waals surface area (Å²) in [6.07, 6.45) is 7.17. The fourth-order valence-corrected chi connectivity index (χ4v) is 14.7. The second-order valence-corrected chi connectivity index (χ2v) is 20.8. The van der Waals surface area contributed by atoms with Crippen LogP contribution in [0.15, 0.2) is 212 Å². The van der Waals surface area contributed by atoms with Gasteiger partial charge in [-0.25, -0.2) is 0 Å². The number of anilines is 3. The molecule has 66 heavy (non-hydrogen) atoms. The maximum Gasteiger partial charge on any atom is 0.0468 e. The zero-order chi connectivity index (χ0) is 43.3. The Morgan fingerprint density at radius 3 is 1.52 bits per heavy atom. The number of nitrogens with zero attached hydrogens (tertiary/aromatic N) is 1. The molecule has 0 radical (unpaired) electrons. The second-order valence-electron chi connectivity index (χ2n) is 19.7. The minimum atomic E-state index is 0.213. The third-order valence-corrected chi connectivity index (χ3v) is 17.4. The summed E-state index contributed by atoms with van der Waals surface area (Å²) in [4.78, 5) is 2.39. The quantitative estimate of drug-likeness (QED) is 0.154. The van der Waals surface area contributed by atoms with Crippen LogP contribution >= 0.6 is 11.3 Å². The lowest BCUT2D eigenvalue weighted by molar-refractivity contribution is -0.0399. The van der Waals surface area contributed by atoms with Crippen LogP contribution in [0.5, 0.6) is 0 Å². The van der Waals surface area contributed by atoms with Crippen molar-refractivity contribution < 1.29 is 0 Å². The highest BCUT2D eigenvalue weighted by Crippen LogP contribution is 2.69. The lowest BCUT2D eigenvalue weighted by atomic mass is 9.43. The molecular weight excluding hydrogens is 815 g/mol. The van der Waals surface area contributed by atoms with E-state index in [0.29, 0.717) is 0 Å². The van der Waals surface area contributed by atoms with Crippen molar-refractivity contribution in [3.8, 4) is 55.6 Å². The molecule has 2 heteroatoms.